The maximum atomic E-state index is 12.2. The number of ether oxygens (including phenoxy) is 3. The normalized spacial score (nSPS) is 12.4. The Hall–Kier alpha value is -2.89. The monoisotopic (exact) mass is 356 g/mol. The van der Waals surface area contributed by atoms with Crippen molar-refractivity contribution in [3.05, 3.63) is 53.6 Å². The van der Waals surface area contributed by atoms with E-state index < -0.39 is 0 Å². The summed E-state index contributed by atoms with van der Waals surface area (Å²) >= 11 is 0. The number of nitrogens with zero attached hydrogens (tertiary/aromatic N) is 1. The van der Waals surface area contributed by atoms with Crippen LogP contribution < -0.4 is 19.5 Å². The van der Waals surface area contributed by atoms with Crippen molar-refractivity contribution < 1.29 is 19.0 Å². The Balaban J connectivity index is 1.45. The molecule has 0 aromatic heterocycles. The van der Waals surface area contributed by atoms with Gasteiger partial charge in [0.2, 0.25) is 0 Å². The average Bonchev–Trinajstić information content (AvgIpc) is 2.68. The largest absolute Gasteiger partial charge is 0.497 e. The van der Waals surface area contributed by atoms with E-state index in [-0.39, 0.29) is 6.03 Å². The van der Waals surface area contributed by atoms with E-state index in [1.54, 1.807) is 19.1 Å². The van der Waals surface area contributed by atoms with Crippen LogP contribution in [0.2, 0.25) is 0 Å². The van der Waals surface area contributed by atoms with E-state index in [9.17, 15) is 4.79 Å². The summed E-state index contributed by atoms with van der Waals surface area (Å²) in [6.45, 7) is 2.26. The topological polar surface area (TPSA) is 60.0 Å². The summed E-state index contributed by atoms with van der Waals surface area (Å²) < 4.78 is 16.2. The third-order valence-electron chi connectivity index (χ3n) is 4.22. The van der Waals surface area contributed by atoms with E-state index in [1.165, 1.54) is 0 Å². The van der Waals surface area contributed by atoms with Gasteiger partial charge in [-0.3, -0.25) is 0 Å². The van der Waals surface area contributed by atoms with Crippen LogP contribution in [0.15, 0.2) is 42.5 Å². The summed E-state index contributed by atoms with van der Waals surface area (Å²) in [4.78, 5) is 13.9. The minimum absolute atomic E-state index is 0.0987. The van der Waals surface area contributed by atoms with Gasteiger partial charge in [-0.2, -0.15) is 0 Å². The van der Waals surface area contributed by atoms with Gasteiger partial charge in [-0.1, -0.05) is 18.2 Å². The van der Waals surface area contributed by atoms with Crippen molar-refractivity contribution in [2.75, 3.05) is 33.9 Å². The molecule has 0 bridgehead atoms. The molecule has 2 aromatic rings. The molecule has 0 atom stereocenters. The van der Waals surface area contributed by atoms with E-state index in [0.29, 0.717) is 26.3 Å². The molecule has 1 heterocycles. The number of methoxy groups -OCH3 is 1. The molecule has 0 aliphatic carbocycles. The quantitative estimate of drug-likeness (QED) is 0.865. The molecule has 0 radical (unpaired) electrons. The number of urea groups is 1. The Labute approximate surface area is 153 Å². The first kappa shape index (κ1) is 17.9. The lowest BCUT2D eigenvalue weighted by Crippen LogP contribution is -2.37. The molecule has 1 aliphatic heterocycles. The molecule has 0 saturated carbocycles. The van der Waals surface area contributed by atoms with E-state index in [0.717, 1.165) is 34.8 Å². The van der Waals surface area contributed by atoms with Crippen LogP contribution in [-0.2, 0) is 13.0 Å². The molecule has 6 heteroatoms. The van der Waals surface area contributed by atoms with Crippen LogP contribution in [0.4, 0.5) is 4.79 Å². The molecule has 0 fully saturated rings. The lowest BCUT2D eigenvalue weighted by molar-refractivity contribution is 0.171. The molecule has 3 rings (SSSR count). The summed E-state index contributed by atoms with van der Waals surface area (Å²) in [5.74, 6) is 2.36. The molecule has 2 amide bonds. The van der Waals surface area contributed by atoms with Crippen LogP contribution in [0, 0.1) is 0 Å². The predicted molar refractivity (Wildman–Crippen MR) is 99.0 cm³/mol. The van der Waals surface area contributed by atoms with E-state index in [2.05, 4.69) is 5.32 Å². The number of fused-ring (bicyclic) bond motifs is 1. The fourth-order valence-corrected chi connectivity index (χ4v) is 2.77. The van der Waals surface area contributed by atoms with Crippen molar-refractivity contribution in [1.82, 2.24) is 10.2 Å². The highest BCUT2D eigenvalue weighted by molar-refractivity contribution is 5.73. The van der Waals surface area contributed by atoms with E-state index in [1.807, 2.05) is 42.5 Å². The highest BCUT2D eigenvalue weighted by atomic mass is 16.6. The lowest BCUT2D eigenvalue weighted by Gasteiger charge is -2.20. The second kappa shape index (κ2) is 8.47. The smallest absolute Gasteiger partial charge is 0.317 e. The fourth-order valence-electron chi connectivity index (χ4n) is 2.77. The van der Waals surface area contributed by atoms with Crippen LogP contribution in [0.1, 0.15) is 11.1 Å². The van der Waals surface area contributed by atoms with Gasteiger partial charge in [-0.15, -0.1) is 0 Å². The lowest BCUT2D eigenvalue weighted by atomic mass is 10.1. The summed E-state index contributed by atoms with van der Waals surface area (Å²) in [6, 6.07) is 13.5. The van der Waals surface area contributed by atoms with Gasteiger partial charge in [-0.05, 0) is 41.8 Å². The predicted octanol–water partition coefficient (Wildman–Crippen LogP) is 2.85. The number of carbonyl (C=O) groups excluding carboxylic acids is 1. The molecular formula is C20H24N2O4. The van der Waals surface area contributed by atoms with Crippen molar-refractivity contribution in [2.24, 2.45) is 0 Å². The number of carbonyl (C=O) groups is 1. The van der Waals surface area contributed by atoms with Crippen LogP contribution in [0.3, 0.4) is 0 Å². The molecule has 26 heavy (non-hydrogen) atoms. The Morgan fingerprint density at radius 2 is 1.77 bits per heavy atom. The second-order valence-corrected chi connectivity index (χ2v) is 6.16. The van der Waals surface area contributed by atoms with Gasteiger partial charge in [0, 0.05) is 20.1 Å². The first-order valence-electron chi connectivity index (χ1n) is 8.66. The zero-order chi connectivity index (χ0) is 18.4. The zero-order valence-corrected chi connectivity index (χ0v) is 15.2. The van der Waals surface area contributed by atoms with E-state index >= 15 is 0 Å². The highest BCUT2D eigenvalue weighted by Crippen LogP contribution is 2.30. The fraction of sp³-hybridized carbons (Fsp3) is 0.350. The third kappa shape index (κ3) is 4.59. The van der Waals surface area contributed by atoms with Gasteiger partial charge in [0.15, 0.2) is 11.5 Å². The van der Waals surface area contributed by atoms with Crippen LogP contribution in [0.25, 0.3) is 0 Å². The maximum Gasteiger partial charge on any atom is 0.317 e. The molecule has 1 aliphatic rings. The van der Waals surface area contributed by atoms with Gasteiger partial charge in [-0.25, -0.2) is 4.79 Å². The Bertz CT molecular complexity index is 746. The summed E-state index contributed by atoms with van der Waals surface area (Å²) in [5.41, 5.74) is 2.16. The van der Waals surface area contributed by atoms with Crippen LogP contribution >= 0.6 is 0 Å². The standard InChI is InChI=1S/C20H24N2O4/c1-22(14-16-3-6-17(24-2)7-4-16)20(23)21-10-9-15-5-8-18-19(13-15)26-12-11-25-18/h3-8,13H,9-12,14H2,1-2H3,(H,21,23). The molecule has 1 N–H and O–H groups in total. The number of amides is 2. The Kier molecular flexibility index (Phi) is 5.84. The third-order valence-corrected chi connectivity index (χ3v) is 4.22. The van der Waals surface area contributed by atoms with Crippen molar-refractivity contribution >= 4 is 6.03 Å². The highest BCUT2D eigenvalue weighted by Gasteiger charge is 2.12. The van der Waals surface area contributed by atoms with Crippen LogP contribution in [0.5, 0.6) is 17.2 Å². The van der Waals surface area contributed by atoms with Crippen molar-refractivity contribution in [3.63, 3.8) is 0 Å². The summed E-state index contributed by atoms with van der Waals surface area (Å²) in [6.07, 6.45) is 0.735. The Morgan fingerprint density at radius 3 is 2.50 bits per heavy atom. The summed E-state index contributed by atoms with van der Waals surface area (Å²) in [7, 11) is 3.42. The number of nitrogens with one attached hydrogen (secondary N) is 1. The zero-order valence-electron chi connectivity index (χ0n) is 15.2. The summed E-state index contributed by atoms with van der Waals surface area (Å²) in [5, 5.41) is 2.94. The second-order valence-electron chi connectivity index (χ2n) is 6.16. The molecule has 2 aromatic carbocycles. The molecule has 0 spiro atoms. The molecule has 6 nitrogen and oxygen atoms in total. The number of hydrogen-bond donors (Lipinski definition) is 1. The SMILES string of the molecule is COc1ccc(CN(C)C(=O)NCCc2ccc3c(c2)OCCO3)cc1. The van der Waals surface area contributed by atoms with Gasteiger partial charge >= 0.3 is 6.03 Å². The van der Waals surface area contributed by atoms with E-state index in [4.69, 9.17) is 14.2 Å². The minimum Gasteiger partial charge on any atom is -0.497 e. The number of hydrogen-bond acceptors (Lipinski definition) is 4. The van der Waals surface area contributed by atoms with Crippen molar-refractivity contribution in [2.45, 2.75) is 13.0 Å². The maximum absolute atomic E-state index is 12.2. The number of benzene rings is 2. The number of rotatable bonds is 6. The van der Waals surface area contributed by atoms with Crippen LogP contribution in [-0.4, -0.2) is 44.8 Å². The van der Waals surface area contributed by atoms with Gasteiger partial charge in [0.1, 0.15) is 19.0 Å². The Morgan fingerprint density at radius 1 is 1.08 bits per heavy atom. The molecule has 0 unspecified atom stereocenters. The first-order chi connectivity index (χ1) is 12.7. The van der Waals surface area contributed by atoms with Crippen molar-refractivity contribution in [3.8, 4) is 17.2 Å². The van der Waals surface area contributed by atoms with Gasteiger partial charge < -0.3 is 24.4 Å². The molecule has 0 saturated heterocycles. The van der Waals surface area contributed by atoms with Gasteiger partial charge in [0.05, 0.1) is 7.11 Å². The van der Waals surface area contributed by atoms with Gasteiger partial charge in [0.25, 0.3) is 0 Å². The van der Waals surface area contributed by atoms with Crippen molar-refractivity contribution in [1.29, 1.82) is 0 Å². The first-order valence-corrected chi connectivity index (χ1v) is 8.66. The average molecular weight is 356 g/mol. The minimum atomic E-state index is -0.0987. The molecule has 138 valence electrons. The molecular weight excluding hydrogens is 332 g/mol.